The molecule has 100 valence electrons. The van der Waals surface area contributed by atoms with Crippen LogP contribution in [0.5, 0.6) is 0 Å². The van der Waals surface area contributed by atoms with E-state index in [0.29, 0.717) is 12.1 Å². The van der Waals surface area contributed by atoms with Crippen molar-refractivity contribution in [3.63, 3.8) is 0 Å². The van der Waals surface area contributed by atoms with Gasteiger partial charge in [0.2, 0.25) is 5.91 Å². The molecule has 0 aliphatic carbocycles. The number of amides is 1. The van der Waals surface area contributed by atoms with Crippen LogP contribution in [0.2, 0.25) is 0 Å². The Morgan fingerprint density at radius 2 is 2.32 bits per heavy atom. The Hall–Kier alpha value is -1.86. The number of aryl methyl sites for hydroxylation is 1. The van der Waals surface area contributed by atoms with Crippen LogP contribution in [0.25, 0.3) is 0 Å². The quantitative estimate of drug-likeness (QED) is 0.897. The number of rotatable bonds is 4. The molecule has 0 saturated carbocycles. The third-order valence-electron chi connectivity index (χ3n) is 3.50. The van der Waals surface area contributed by atoms with Gasteiger partial charge in [0.15, 0.2) is 0 Å². The Labute approximate surface area is 114 Å². The van der Waals surface area contributed by atoms with Gasteiger partial charge in [-0.3, -0.25) is 4.79 Å². The summed E-state index contributed by atoms with van der Waals surface area (Å²) in [6.07, 6.45) is 1.81. The Kier molecular flexibility index (Phi) is 4.18. The number of nitrogens with zero attached hydrogens (tertiary/aromatic N) is 2. The van der Waals surface area contributed by atoms with Gasteiger partial charge in [0.05, 0.1) is 17.3 Å². The monoisotopic (exact) mass is 257 g/mol. The fourth-order valence-electron chi connectivity index (χ4n) is 2.45. The second kappa shape index (κ2) is 5.85. The molecule has 1 N–H and O–H groups in total. The maximum atomic E-state index is 12.3. The minimum Gasteiger partial charge on any atom is -0.310 e. The first kappa shape index (κ1) is 13.6. The predicted octanol–water partition coefficient (Wildman–Crippen LogP) is 1.97. The van der Waals surface area contributed by atoms with E-state index in [-0.39, 0.29) is 11.9 Å². The number of carbonyl (C=O) groups is 1. The van der Waals surface area contributed by atoms with Crippen molar-refractivity contribution in [1.82, 2.24) is 5.32 Å². The van der Waals surface area contributed by atoms with E-state index in [1.54, 1.807) is 4.90 Å². The van der Waals surface area contributed by atoms with Crippen molar-refractivity contribution in [2.75, 3.05) is 18.0 Å². The van der Waals surface area contributed by atoms with Crippen LogP contribution in [0.1, 0.15) is 30.9 Å². The second-order valence-electron chi connectivity index (χ2n) is 4.87. The minimum absolute atomic E-state index is 0.0792. The van der Waals surface area contributed by atoms with Gasteiger partial charge in [-0.15, -0.1) is 0 Å². The summed E-state index contributed by atoms with van der Waals surface area (Å²) in [5.41, 5.74) is 2.26. The molecule has 1 aliphatic rings. The van der Waals surface area contributed by atoms with Crippen molar-refractivity contribution in [3.8, 4) is 6.07 Å². The van der Waals surface area contributed by atoms with E-state index in [2.05, 4.69) is 18.3 Å². The van der Waals surface area contributed by atoms with Crippen molar-refractivity contribution in [3.05, 3.63) is 29.3 Å². The molecule has 4 nitrogen and oxygen atoms in total. The van der Waals surface area contributed by atoms with Gasteiger partial charge in [0.1, 0.15) is 6.07 Å². The van der Waals surface area contributed by atoms with E-state index in [9.17, 15) is 10.1 Å². The van der Waals surface area contributed by atoms with Gasteiger partial charge in [0.25, 0.3) is 0 Å². The number of nitriles is 1. The van der Waals surface area contributed by atoms with E-state index in [4.69, 9.17) is 0 Å². The van der Waals surface area contributed by atoms with Crippen LogP contribution < -0.4 is 10.2 Å². The lowest BCUT2D eigenvalue weighted by molar-refractivity contribution is -0.118. The van der Waals surface area contributed by atoms with Gasteiger partial charge < -0.3 is 10.2 Å². The fourth-order valence-corrected chi connectivity index (χ4v) is 2.45. The van der Waals surface area contributed by atoms with Gasteiger partial charge in [-0.05, 0) is 37.9 Å². The Morgan fingerprint density at radius 1 is 1.53 bits per heavy atom. The number of carbonyl (C=O) groups excluding carboxylic acids is 1. The highest BCUT2D eigenvalue weighted by Crippen LogP contribution is 2.27. The number of hydrogen-bond donors (Lipinski definition) is 1. The van der Waals surface area contributed by atoms with Crippen LogP contribution in [-0.4, -0.2) is 25.0 Å². The summed E-state index contributed by atoms with van der Waals surface area (Å²) >= 11 is 0. The number of anilines is 1. The van der Waals surface area contributed by atoms with Crippen LogP contribution in [0, 0.1) is 18.3 Å². The van der Waals surface area contributed by atoms with E-state index < -0.39 is 0 Å². The molecule has 1 amide bonds. The second-order valence-corrected chi connectivity index (χ2v) is 4.87. The molecule has 1 aliphatic heterocycles. The molecular formula is C15H19N3O. The van der Waals surface area contributed by atoms with Gasteiger partial charge in [0, 0.05) is 6.54 Å². The summed E-state index contributed by atoms with van der Waals surface area (Å²) in [6, 6.07) is 7.75. The summed E-state index contributed by atoms with van der Waals surface area (Å²) in [6.45, 7) is 5.51. The average molecular weight is 257 g/mol. The van der Waals surface area contributed by atoms with E-state index in [1.807, 2.05) is 25.1 Å². The van der Waals surface area contributed by atoms with E-state index in [1.165, 1.54) is 0 Å². The van der Waals surface area contributed by atoms with Crippen LogP contribution >= 0.6 is 0 Å². The van der Waals surface area contributed by atoms with Crippen molar-refractivity contribution in [1.29, 1.82) is 5.26 Å². The van der Waals surface area contributed by atoms with Crippen LogP contribution in [0.3, 0.4) is 0 Å². The summed E-state index contributed by atoms with van der Waals surface area (Å²) in [7, 11) is 0. The first-order valence-electron chi connectivity index (χ1n) is 6.73. The molecule has 0 aromatic heterocycles. The zero-order valence-corrected chi connectivity index (χ0v) is 11.4. The van der Waals surface area contributed by atoms with Crippen molar-refractivity contribution >= 4 is 11.6 Å². The lowest BCUT2D eigenvalue weighted by atomic mass is 10.1. The lowest BCUT2D eigenvalue weighted by Gasteiger charge is -2.19. The SMILES string of the molecule is CCCNC1CCN(c2cccc(C)c2C#N)C1=O. The van der Waals surface area contributed by atoms with Gasteiger partial charge in [-0.2, -0.15) is 5.26 Å². The molecule has 1 unspecified atom stereocenters. The Morgan fingerprint density at radius 3 is 3.00 bits per heavy atom. The van der Waals surface area contributed by atoms with E-state index >= 15 is 0 Å². The molecule has 1 fully saturated rings. The summed E-state index contributed by atoms with van der Waals surface area (Å²) in [4.78, 5) is 14.1. The van der Waals surface area contributed by atoms with Gasteiger partial charge in [-0.25, -0.2) is 0 Å². The summed E-state index contributed by atoms with van der Waals surface area (Å²) in [5.74, 6) is 0.0792. The predicted molar refractivity (Wildman–Crippen MR) is 74.9 cm³/mol. The van der Waals surface area contributed by atoms with Crippen LogP contribution in [0.15, 0.2) is 18.2 Å². The standard InChI is InChI=1S/C15H19N3O/c1-3-8-17-13-7-9-18(15(13)19)14-6-4-5-11(2)12(14)10-16/h4-6,13,17H,3,7-9H2,1-2H3. The van der Waals surface area contributed by atoms with Crippen molar-refractivity contribution in [2.24, 2.45) is 0 Å². The maximum Gasteiger partial charge on any atom is 0.244 e. The number of benzene rings is 1. The third kappa shape index (κ3) is 2.61. The molecule has 0 bridgehead atoms. The first-order chi connectivity index (χ1) is 9.19. The normalized spacial score (nSPS) is 18.7. The molecule has 1 saturated heterocycles. The molecule has 1 atom stereocenters. The molecule has 0 spiro atoms. The average Bonchev–Trinajstić information content (AvgIpc) is 2.77. The first-order valence-corrected chi connectivity index (χ1v) is 6.73. The highest BCUT2D eigenvalue weighted by atomic mass is 16.2. The molecule has 4 heteroatoms. The third-order valence-corrected chi connectivity index (χ3v) is 3.50. The largest absolute Gasteiger partial charge is 0.310 e. The van der Waals surface area contributed by atoms with Crippen LogP contribution in [-0.2, 0) is 4.79 Å². The zero-order chi connectivity index (χ0) is 13.8. The number of hydrogen-bond acceptors (Lipinski definition) is 3. The highest BCUT2D eigenvalue weighted by molar-refractivity contribution is 6.00. The smallest absolute Gasteiger partial charge is 0.244 e. The Balaban J connectivity index is 2.23. The Bertz CT molecular complexity index is 519. The molecule has 0 radical (unpaired) electrons. The van der Waals surface area contributed by atoms with Crippen molar-refractivity contribution in [2.45, 2.75) is 32.7 Å². The lowest BCUT2D eigenvalue weighted by Crippen LogP contribution is -2.38. The molecule has 1 heterocycles. The molecule has 19 heavy (non-hydrogen) atoms. The molecule has 1 aromatic rings. The molecule has 1 aromatic carbocycles. The minimum atomic E-state index is -0.105. The maximum absolute atomic E-state index is 12.3. The van der Waals surface area contributed by atoms with Gasteiger partial charge >= 0.3 is 0 Å². The zero-order valence-electron chi connectivity index (χ0n) is 11.4. The van der Waals surface area contributed by atoms with E-state index in [0.717, 1.165) is 30.6 Å². The summed E-state index contributed by atoms with van der Waals surface area (Å²) in [5, 5.41) is 12.5. The highest BCUT2D eigenvalue weighted by Gasteiger charge is 2.33. The topological polar surface area (TPSA) is 56.1 Å². The van der Waals surface area contributed by atoms with Crippen molar-refractivity contribution < 1.29 is 4.79 Å². The molecular weight excluding hydrogens is 238 g/mol. The molecule has 2 rings (SSSR count). The fraction of sp³-hybridized carbons (Fsp3) is 0.467. The summed E-state index contributed by atoms with van der Waals surface area (Å²) < 4.78 is 0. The van der Waals surface area contributed by atoms with Crippen LogP contribution in [0.4, 0.5) is 5.69 Å². The van der Waals surface area contributed by atoms with Gasteiger partial charge in [-0.1, -0.05) is 19.1 Å². The number of nitrogens with one attached hydrogen (secondary N) is 1.